The molecule has 13 nitrogen and oxygen atoms in total. The number of hydrogen-bond acceptors (Lipinski definition) is 9. The number of aromatic nitrogens is 2. The zero-order valence-electron chi connectivity index (χ0n) is 25.1. The van der Waals surface area contributed by atoms with Crippen LogP contribution in [-0.4, -0.2) is 96.3 Å². The Bertz CT molecular complexity index is 1270. The Morgan fingerprint density at radius 2 is 1.90 bits per heavy atom. The summed E-state index contributed by atoms with van der Waals surface area (Å²) in [5, 5.41) is 2.40. The summed E-state index contributed by atoms with van der Waals surface area (Å²) >= 11 is 0. The molecule has 0 spiro atoms. The maximum atomic E-state index is 15.3. The van der Waals surface area contributed by atoms with E-state index in [2.05, 4.69) is 15.1 Å². The van der Waals surface area contributed by atoms with Gasteiger partial charge in [0.15, 0.2) is 6.23 Å². The molecule has 238 valence electrons. The summed E-state index contributed by atoms with van der Waals surface area (Å²) in [4.78, 5) is 42.5. The molecular formula is C25H41F2N5O8P2. The second-order valence-corrected chi connectivity index (χ2v) is 15.6. The highest BCUT2D eigenvalue weighted by Crippen LogP contribution is 2.58. The number of aromatic amines is 1. The molecule has 42 heavy (non-hydrogen) atoms. The van der Waals surface area contributed by atoms with Crippen molar-refractivity contribution >= 4 is 21.6 Å². The molecule has 1 unspecified atom stereocenters. The average molecular weight is 640 g/mol. The van der Waals surface area contributed by atoms with Crippen LogP contribution in [0.3, 0.4) is 0 Å². The Kier molecular flexibility index (Phi) is 13.0. The molecule has 0 aromatic carbocycles. The zero-order chi connectivity index (χ0) is 32.0. The van der Waals surface area contributed by atoms with Gasteiger partial charge >= 0.3 is 5.69 Å². The zero-order valence-corrected chi connectivity index (χ0v) is 26.9. The minimum atomic E-state index is -3.98. The summed E-state index contributed by atoms with van der Waals surface area (Å²) in [5.41, 5.74) is -5.09. The number of amides is 1. The van der Waals surface area contributed by atoms with Crippen LogP contribution >= 0.6 is 15.7 Å². The van der Waals surface area contributed by atoms with Crippen molar-refractivity contribution in [3.8, 4) is 0 Å². The molecule has 2 rings (SSSR count). The van der Waals surface area contributed by atoms with Gasteiger partial charge in [0.2, 0.25) is 12.5 Å². The van der Waals surface area contributed by atoms with Crippen LogP contribution in [0.5, 0.6) is 0 Å². The van der Waals surface area contributed by atoms with E-state index < -0.39 is 76.1 Å². The third-order valence-electron chi connectivity index (χ3n) is 6.49. The molecule has 1 aliphatic rings. The fourth-order valence-corrected chi connectivity index (χ4v) is 6.65. The normalized spacial score (nSPS) is 22.1. The Hall–Kier alpha value is -2.04. The minimum absolute atomic E-state index is 0.00949. The lowest BCUT2D eigenvalue weighted by molar-refractivity contribution is -0.132. The summed E-state index contributed by atoms with van der Waals surface area (Å²) < 4.78 is 70.3. The third kappa shape index (κ3) is 8.99. The summed E-state index contributed by atoms with van der Waals surface area (Å²) in [6.45, 7) is 17.5. The lowest BCUT2D eigenvalue weighted by Gasteiger charge is -2.38. The van der Waals surface area contributed by atoms with E-state index in [1.165, 1.54) is 20.2 Å². The number of aryl methyl sites for hydroxylation is 1. The predicted octanol–water partition coefficient (Wildman–Crippen LogP) is 3.15. The van der Waals surface area contributed by atoms with Crippen molar-refractivity contribution in [3.05, 3.63) is 44.0 Å². The SMILES string of the molecule is [C-]#[N+]CCOP(O[C@H]1[C@@H](OCC(=O)NC)[C@H](n2cc(C)c(=O)[nH]c2=O)O[C@@H]1CC(F)(F)P(C)(C)=O)N(C(C)C)C(C)C. The predicted molar refractivity (Wildman–Crippen MR) is 154 cm³/mol. The van der Waals surface area contributed by atoms with Gasteiger partial charge in [-0.3, -0.25) is 19.1 Å². The van der Waals surface area contributed by atoms with Crippen molar-refractivity contribution in [2.75, 3.05) is 40.1 Å². The molecule has 1 fully saturated rings. The number of rotatable bonds is 15. The van der Waals surface area contributed by atoms with Gasteiger partial charge < -0.3 is 33.2 Å². The number of halogens is 2. The molecule has 5 atom stereocenters. The van der Waals surface area contributed by atoms with Crippen LogP contribution < -0.4 is 16.6 Å². The number of carbonyl (C=O) groups is 1. The molecule has 17 heteroatoms. The van der Waals surface area contributed by atoms with Gasteiger partial charge in [0, 0.05) is 37.3 Å². The molecule has 1 aromatic heterocycles. The van der Waals surface area contributed by atoms with E-state index in [-0.39, 0.29) is 30.8 Å². The number of hydrogen-bond donors (Lipinski definition) is 2. The third-order valence-corrected chi connectivity index (χ3v) is 10.4. The van der Waals surface area contributed by atoms with Crippen LogP contribution in [0.1, 0.15) is 45.9 Å². The number of nitrogens with zero attached hydrogens (tertiary/aromatic N) is 3. The first-order chi connectivity index (χ1) is 19.4. The standard InChI is InChI=1S/C25H41F2N5O8P2/c1-15(2)32(16(3)4)41(38-11-10-28-6)40-20-18(12-25(26,27)42(8,9)36)39-23(21(20)37-14-19(33)29-7)31-13-17(5)22(34)30-24(31)35/h13,15-16,18,20-21,23H,10-12,14H2,1-5,7-9H3,(H,29,33)(H,30,34,35)/t18-,20-,21-,23-,41?/m1/s1. The molecule has 0 saturated carbocycles. The van der Waals surface area contributed by atoms with Crippen molar-refractivity contribution < 1.29 is 36.7 Å². The van der Waals surface area contributed by atoms with Crippen molar-refractivity contribution in [2.24, 2.45) is 0 Å². The van der Waals surface area contributed by atoms with Crippen molar-refractivity contribution in [1.82, 2.24) is 19.5 Å². The van der Waals surface area contributed by atoms with E-state index in [1.54, 1.807) is 0 Å². The average Bonchev–Trinajstić information content (AvgIpc) is 3.19. The molecular weight excluding hydrogens is 598 g/mol. The monoisotopic (exact) mass is 639 g/mol. The number of H-pyrrole nitrogens is 1. The molecule has 2 heterocycles. The first-order valence-corrected chi connectivity index (χ1v) is 17.1. The molecule has 1 aliphatic heterocycles. The Morgan fingerprint density at radius 3 is 2.43 bits per heavy atom. The minimum Gasteiger partial charge on any atom is -0.361 e. The summed E-state index contributed by atoms with van der Waals surface area (Å²) in [6.07, 6.45) is -5.42. The van der Waals surface area contributed by atoms with Crippen LogP contribution in [0.2, 0.25) is 0 Å². The highest BCUT2D eigenvalue weighted by atomic mass is 31.2. The van der Waals surface area contributed by atoms with Gasteiger partial charge in [0.25, 0.3) is 19.7 Å². The van der Waals surface area contributed by atoms with Crippen molar-refractivity contribution in [1.29, 1.82) is 0 Å². The van der Waals surface area contributed by atoms with Gasteiger partial charge in [0.05, 0.1) is 6.10 Å². The second-order valence-electron chi connectivity index (χ2n) is 10.8. The van der Waals surface area contributed by atoms with Gasteiger partial charge in [-0.25, -0.2) is 16.0 Å². The fourth-order valence-electron chi connectivity index (χ4n) is 4.28. The van der Waals surface area contributed by atoms with Crippen LogP contribution in [0, 0.1) is 13.5 Å². The van der Waals surface area contributed by atoms with E-state index in [0.717, 1.165) is 17.9 Å². The highest BCUT2D eigenvalue weighted by Gasteiger charge is 2.55. The number of carbonyl (C=O) groups excluding carboxylic acids is 1. The number of likely N-dealkylation sites (N-methyl/N-ethyl adjacent to an activating group) is 1. The molecule has 1 amide bonds. The number of nitrogens with one attached hydrogen (secondary N) is 2. The molecule has 0 radical (unpaired) electrons. The topological polar surface area (TPSA) is 146 Å². The Balaban J connectivity index is 2.71. The van der Waals surface area contributed by atoms with Gasteiger partial charge in [-0.15, -0.1) is 0 Å². The summed E-state index contributed by atoms with van der Waals surface area (Å²) in [7, 11) is -4.62. The van der Waals surface area contributed by atoms with Gasteiger partial charge in [-0.1, -0.05) is 0 Å². The molecule has 0 bridgehead atoms. The van der Waals surface area contributed by atoms with Gasteiger partial charge in [-0.05, 0) is 47.9 Å². The summed E-state index contributed by atoms with van der Waals surface area (Å²) in [6, 6.07) is -0.272. The smallest absolute Gasteiger partial charge is 0.330 e. The Labute approximate surface area is 245 Å². The highest BCUT2D eigenvalue weighted by molar-refractivity contribution is 7.63. The Morgan fingerprint density at radius 1 is 1.29 bits per heavy atom. The van der Waals surface area contributed by atoms with Crippen LogP contribution in [0.25, 0.3) is 4.85 Å². The molecule has 1 saturated heterocycles. The lowest BCUT2D eigenvalue weighted by Crippen LogP contribution is -2.43. The second kappa shape index (κ2) is 15.1. The number of ether oxygens (including phenoxy) is 2. The van der Waals surface area contributed by atoms with Gasteiger partial charge in [0.1, 0.15) is 32.6 Å². The fraction of sp³-hybridized carbons (Fsp3) is 0.760. The van der Waals surface area contributed by atoms with Crippen LogP contribution in [0.15, 0.2) is 15.8 Å². The largest absolute Gasteiger partial charge is 0.361 e. The van der Waals surface area contributed by atoms with E-state index in [4.69, 9.17) is 25.1 Å². The first-order valence-electron chi connectivity index (χ1n) is 13.4. The first kappa shape index (κ1) is 36.2. The van der Waals surface area contributed by atoms with Crippen molar-refractivity contribution in [2.45, 2.75) is 83.3 Å². The maximum absolute atomic E-state index is 15.3. The van der Waals surface area contributed by atoms with E-state index in [9.17, 15) is 18.9 Å². The molecule has 0 aliphatic carbocycles. The van der Waals surface area contributed by atoms with Crippen molar-refractivity contribution in [3.63, 3.8) is 0 Å². The van der Waals surface area contributed by atoms with Gasteiger partial charge in [-0.2, -0.15) is 8.78 Å². The maximum Gasteiger partial charge on any atom is 0.330 e. The lowest BCUT2D eigenvalue weighted by atomic mass is 10.1. The molecule has 2 N–H and O–H groups in total. The summed E-state index contributed by atoms with van der Waals surface area (Å²) in [5.74, 6) is -0.542. The number of alkyl halides is 2. The van der Waals surface area contributed by atoms with E-state index in [0.29, 0.717) is 0 Å². The van der Waals surface area contributed by atoms with E-state index in [1.807, 2.05) is 32.4 Å². The van der Waals surface area contributed by atoms with E-state index >= 15 is 8.78 Å². The quantitative estimate of drug-likeness (QED) is 0.168. The van der Waals surface area contributed by atoms with Crippen LogP contribution in [-0.2, 0) is 27.9 Å². The van der Waals surface area contributed by atoms with Crippen LogP contribution in [0.4, 0.5) is 8.78 Å². The molecule has 1 aromatic rings.